The Bertz CT molecular complexity index is 812. The molecular formula is C21H24N2O3. The van der Waals surface area contributed by atoms with Gasteiger partial charge in [-0.2, -0.15) is 0 Å². The predicted octanol–water partition coefficient (Wildman–Crippen LogP) is 3.03. The zero-order valence-corrected chi connectivity index (χ0v) is 15.4. The van der Waals surface area contributed by atoms with Crippen molar-refractivity contribution >= 4 is 17.5 Å². The maximum absolute atomic E-state index is 12.7. The summed E-state index contributed by atoms with van der Waals surface area (Å²) in [5, 5.41) is 2.88. The van der Waals surface area contributed by atoms with Crippen molar-refractivity contribution in [3.05, 3.63) is 59.7 Å². The van der Waals surface area contributed by atoms with Gasteiger partial charge in [0, 0.05) is 12.2 Å². The normalized spacial score (nSPS) is 14.9. The molecule has 26 heavy (non-hydrogen) atoms. The van der Waals surface area contributed by atoms with E-state index in [2.05, 4.69) is 5.32 Å². The highest BCUT2D eigenvalue weighted by Gasteiger charge is 2.43. The van der Waals surface area contributed by atoms with Gasteiger partial charge in [-0.3, -0.25) is 9.59 Å². The molecule has 0 saturated carbocycles. The molecule has 1 aliphatic heterocycles. The first-order valence-corrected chi connectivity index (χ1v) is 8.83. The minimum absolute atomic E-state index is 0.0241. The number of ether oxygens (including phenoxy) is 1. The number of carbonyl (C=O) groups excluding carboxylic acids is 2. The number of benzene rings is 2. The Labute approximate surface area is 154 Å². The molecule has 1 N–H and O–H groups in total. The van der Waals surface area contributed by atoms with E-state index in [1.807, 2.05) is 69.3 Å². The van der Waals surface area contributed by atoms with Crippen LogP contribution in [0.25, 0.3) is 0 Å². The predicted molar refractivity (Wildman–Crippen MR) is 101 cm³/mol. The summed E-state index contributed by atoms with van der Waals surface area (Å²) < 4.78 is 5.41. The van der Waals surface area contributed by atoms with Crippen molar-refractivity contribution in [1.82, 2.24) is 5.32 Å². The van der Waals surface area contributed by atoms with Gasteiger partial charge in [0.1, 0.15) is 12.3 Å². The Morgan fingerprint density at radius 2 is 1.81 bits per heavy atom. The molecule has 5 heteroatoms. The number of carbonyl (C=O) groups is 2. The van der Waals surface area contributed by atoms with E-state index in [9.17, 15) is 9.59 Å². The number of amides is 2. The summed E-state index contributed by atoms with van der Waals surface area (Å²) in [5.41, 5.74) is 2.16. The number of para-hydroxylation sites is 1. The van der Waals surface area contributed by atoms with Crippen molar-refractivity contribution < 1.29 is 14.3 Å². The van der Waals surface area contributed by atoms with E-state index in [0.29, 0.717) is 13.2 Å². The molecule has 0 radical (unpaired) electrons. The highest BCUT2D eigenvalue weighted by atomic mass is 16.5. The lowest BCUT2D eigenvalue weighted by Crippen LogP contribution is -2.42. The first-order chi connectivity index (χ1) is 12.4. The molecule has 0 spiro atoms. The minimum Gasteiger partial charge on any atom is -0.494 e. The molecule has 2 aromatic carbocycles. The Morgan fingerprint density at radius 1 is 1.12 bits per heavy atom. The molecule has 0 bridgehead atoms. The van der Waals surface area contributed by atoms with Crippen LogP contribution in [-0.2, 0) is 21.5 Å². The van der Waals surface area contributed by atoms with E-state index >= 15 is 0 Å². The maximum atomic E-state index is 12.7. The summed E-state index contributed by atoms with van der Waals surface area (Å²) in [7, 11) is 0. The molecule has 2 aromatic rings. The fraction of sp³-hybridized carbons (Fsp3) is 0.333. The second-order valence-corrected chi connectivity index (χ2v) is 6.89. The molecule has 5 nitrogen and oxygen atoms in total. The average Bonchev–Trinajstić information content (AvgIpc) is 2.83. The number of hydrogen-bond acceptors (Lipinski definition) is 3. The highest BCUT2D eigenvalue weighted by Crippen LogP contribution is 2.40. The molecule has 1 aliphatic rings. The molecule has 2 amide bonds. The Balaban J connectivity index is 1.62. The van der Waals surface area contributed by atoms with Gasteiger partial charge in [-0.05, 0) is 50.1 Å². The number of rotatable bonds is 6. The minimum atomic E-state index is -0.605. The lowest BCUT2D eigenvalue weighted by molar-refractivity contribution is -0.125. The second kappa shape index (κ2) is 7.20. The number of hydrogen-bond donors (Lipinski definition) is 1. The van der Waals surface area contributed by atoms with Crippen LogP contribution in [0.3, 0.4) is 0 Å². The van der Waals surface area contributed by atoms with Crippen LogP contribution in [0.1, 0.15) is 31.9 Å². The van der Waals surface area contributed by atoms with Crippen molar-refractivity contribution in [3.63, 3.8) is 0 Å². The third-order valence-electron chi connectivity index (χ3n) is 4.67. The lowest BCUT2D eigenvalue weighted by atomic mass is 9.86. The van der Waals surface area contributed by atoms with Gasteiger partial charge in [0.05, 0.1) is 12.0 Å². The molecule has 3 rings (SSSR count). The van der Waals surface area contributed by atoms with Crippen molar-refractivity contribution in [2.45, 2.75) is 32.7 Å². The van der Waals surface area contributed by atoms with Crippen LogP contribution in [0.15, 0.2) is 48.5 Å². The number of nitrogens with zero attached hydrogens (tertiary/aromatic N) is 1. The molecule has 0 aliphatic carbocycles. The second-order valence-electron chi connectivity index (χ2n) is 6.89. The molecular weight excluding hydrogens is 328 g/mol. The van der Waals surface area contributed by atoms with Gasteiger partial charge in [-0.1, -0.05) is 30.3 Å². The van der Waals surface area contributed by atoms with Crippen LogP contribution in [0.2, 0.25) is 0 Å². The van der Waals surface area contributed by atoms with Crippen molar-refractivity contribution in [3.8, 4) is 5.75 Å². The van der Waals surface area contributed by atoms with Crippen molar-refractivity contribution in [2.75, 3.05) is 18.1 Å². The van der Waals surface area contributed by atoms with Gasteiger partial charge < -0.3 is 15.0 Å². The summed E-state index contributed by atoms with van der Waals surface area (Å²) in [6, 6.07) is 15.3. The molecule has 0 atom stereocenters. The Morgan fingerprint density at radius 3 is 2.50 bits per heavy atom. The van der Waals surface area contributed by atoms with E-state index in [4.69, 9.17) is 4.74 Å². The van der Waals surface area contributed by atoms with E-state index in [1.54, 1.807) is 4.90 Å². The lowest BCUT2D eigenvalue weighted by Gasteiger charge is -2.20. The zero-order valence-electron chi connectivity index (χ0n) is 15.4. The third-order valence-corrected chi connectivity index (χ3v) is 4.67. The van der Waals surface area contributed by atoms with Gasteiger partial charge in [-0.25, -0.2) is 0 Å². The first kappa shape index (κ1) is 18.0. The SMILES string of the molecule is CCOc1ccc(CNC(=O)CN2C(=O)C(C)(C)c3ccccc32)cc1. The van der Waals surface area contributed by atoms with Crippen LogP contribution in [0.4, 0.5) is 5.69 Å². The quantitative estimate of drug-likeness (QED) is 0.869. The van der Waals surface area contributed by atoms with Gasteiger partial charge in [0.15, 0.2) is 0 Å². The summed E-state index contributed by atoms with van der Waals surface area (Å²) in [4.78, 5) is 26.7. The van der Waals surface area contributed by atoms with Crippen molar-refractivity contribution in [1.29, 1.82) is 0 Å². The number of fused-ring (bicyclic) bond motifs is 1. The fourth-order valence-electron chi connectivity index (χ4n) is 3.23. The Kier molecular flexibility index (Phi) is 4.98. The summed E-state index contributed by atoms with van der Waals surface area (Å²) in [5.74, 6) is 0.582. The molecule has 1 heterocycles. The molecule has 0 aromatic heterocycles. The van der Waals surface area contributed by atoms with Crippen molar-refractivity contribution in [2.24, 2.45) is 0 Å². The van der Waals surface area contributed by atoms with Crippen LogP contribution in [-0.4, -0.2) is 25.0 Å². The highest BCUT2D eigenvalue weighted by molar-refractivity contribution is 6.10. The molecule has 136 valence electrons. The average molecular weight is 352 g/mol. The third kappa shape index (κ3) is 3.43. The van der Waals surface area contributed by atoms with E-state index < -0.39 is 5.41 Å². The summed E-state index contributed by atoms with van der Waals surface area (Å²) in [6.07, 6.45) is 0. The fourth-order valence-corrected chi connectivity index (χ4v) is 3.23. The number of nitrogens with one attached hydrogen (secondary N) is 1. The van der Waals surface area contributed by atoms with Gasteiger partial charge in [0.2, 0.25) is 11.8 Å². The number of anilines is 1. The standard InChI is InChI=1S/C21H24N2O3/c1-4-26-16-11-9-15(10-12-16)13-22-19(24)14-23-18-8-6-5-7-17(18)21(2,3)20(23)25/h5-12H,4,13-14H2,1-3H3,(H,22,24). The van der Waals surface area contributed by atoms with Gasteiger partial charge in [-0.15, -0.1) is 0 Å². The van der Waals surface area contributed by atoms with Crippen LogP contribution >= 0.6 is 0 Å². The van der Waals surface area contributed by atoms with Crippen LogP contribution in [0.5, 0.6) is 5.75 Å². The molecule has 0 saturated heterocycles. The summed E-state index contributed by atoms with van der Waals surface area (Å²) >= 11 is 0. The van der Waals surface area contributed by atoms with Crippen LogP contribution < -0.4 is 15.0 Å². The van der Waals surface area contributed by atoms with E-state index in [1.165, 1.54) is 0 Å². The zero-order chi connectivity index (χ0) is 18.7. The van der Waals surface area contributed by atoms with E-state index in [0.717, 1.165) is 22.6 Å². The molecule has 0 unspecified atom stereocenters. The van der Waals surface area contributed by atoms with Gasteiger partial charge in [0.25, 0.3) is 0 Å². The van der Waals surface area contributed by atoms with Gasteiger partial charge >= 0.3 is 0 Å². The first-order valence-electron chi connectivity index (χ1n) is 8.83. The maximum Gasteiger partial charge on any atom is 0.240 e. The van der Waals surface area contributed by atoms with Crippen LogP contribution in [0, 0.1) is 0 Å². The monoisotopic (exact) mass is 352 g/mol. The Hall–Kier alpha value is -2.82. The molecule has 0 fully saturated rings. The topological polar surface area (TPSA) is 58.6 Å². The largest absolute Gasteiger partial charge is 0.494 e. The summed E-state index contributed by atoms with van der Waals surface area (Å²) in [6.45, 7) is 6.79. The smallest absolute Gasteiger partial charge is 0.240 e. The van der Waals surface area contributed by atoms with E-state index in [-0.39, 0.29) is 18.4 Å².